The molecule has 1 atom stereocenters. The molecule has 3 aromatic carbocycles. The fourth-order valence-electron chi connectivity index (χ4n) is 4.64. The van der Waals surface area contributed by atoms with Crippen LogP contribution in [0, 0.1) is 6.92 Å². The van der Waals surface area contributed by atoms with Crippen molar-refractivity contribution in [2.45, 2.75) is 32.4 Å². The van der Waals surface area contributed by atoms with E-state index in [9.17, 15) is 9.59 Å². The Balaban J connectivity index is 1.58. The molecule has 2 heterocycles. The van der Waals surface area contributed by atoms with Gasteiger partial charge in [-0.05, 0) is 55.0 Å². The van der Waals surface area contributed by atoms with Gasteiger partial charge >= 0.3 is 6.03 Å². The Kier molecular flexibility index (Phi) is 6.25. The highest BCUT2D eigenvalue weighted by Gasteiger charge is 2.22. The molecule has 1 unspecified atom stereocenters. The Morgan fingerprint density at radius 2 is 1.80 bits per heavy atom. The number of aromatic nitrogens is 1. The number of rotatable bonds is 5. The summed E-state index contributed by atoms with van der Waals surface area (Å²) >= 11 is 0. The Hall–Kier alpha value is -4.10. The van der Waals surface area contributed by atoms with E-state index in [4.69, 9.17) is 10.5 Å². The Bertz CT molecular complexity index is 1440. The SMILES string of the molecule is Cc1cccc(-c2c(N)n(CC3CCCO3)c(=O)c3cc(NC(=O)Nc4ccccc4)ccc23)c1. The van der Waals surface area contributed by atoms with Crippen LogP contribution in [0.15, 0.2) is 77.6 Å². The second kappa shape index (κ2) is 9.64. The number of urea groups is 1. The molecule has 0 spiro atoms. The minimum atomic E-state index is -0.385. The summed E-state index contributed by atoms with van der Waals surface area (Å²) < 4.78 is 7.41. The second-order valence-corrected chi connectivity index (χ2v) is 8.89. The highest BCUT2D eigenvalue weighted by Crippen LogP contribution is 2.34. The molecule has 1 aliphatic heterocycles. The van der Waals surface area contributed by atoms with Gasteiger partial charge < -0.3 is 21.1 Å². The highest BCUT2D eigenvalue weighted by atomic mass is 16.5. The summed E-state index contributed by atoms with van der Waals surface area (Å²) in [6.07, 6.45) is 1.82. The normalized spacial score (nSPS) is 15.3. The van der Waals surface area contributed by atoms with E-state index in [1.807, 2.05) is 49.4 Å². The smallest absolute Gasteiger partial charge is 0.323 e. The molecule has 1 aromatic heterocycles. The fourth-order valence-corrected chi connectivity index (χ4v) is 4.64. The second-order valence-electron chi connectivity index (χ2n) is 8.89. The van der Waals surface area contributed by atoms with Gasteiger partial charge in [-0.25, -0.2) is 4.79 Å². The van der Waals surface area contributed by atoms with E-state index < -0.39 is 0 Å². The molecule has 0 saturated carbocycles. The molecule has 0 aliphatic carbocycles. The van der Waals surface area contributed by atoms with E-state index >= 15 is 0 Å². The molecule has 5 rings (SSSR count). The van der Waals surface area contributed by atoms with Gasteiger partial charge in [-0.15, -0.1) is 0 Å². The first-order valence-corrected chi connectivity index (χ1v) is 11.8. The summed E-state index contributed by atoms with van der Waals surface area (Å²) in [6.45, 7) is 3.12. The van der Waals surface area contributed by atoms with E-state index in [1.54, 1.807) is 28.8 Å². The maximum atomic E-state index is 13.6. The van der Waals surface area contributed by atoms with Crippen LogP contribution in [0.1, 0.15) is 18.4 Å². The molecule has 4 N–H and O–H groups in total. The van der Waals surface area contributed by atoms with Crippen molar-refractivity contribution in [2.75, 3.05) is 23.0 Å². The molecular formula is C28H28N4O3. The van der Waals surface area contributed by atoms with Crippen molar-refractivity contribution in [3.8, 4) is 11.1 Å². The van der Waals surface area contributed by atoms with E-state index in [-0.39, 0.29) is 17.7 Å². The summed E-state index contributed by atoms with van der Waals surface area (Å²) in [7, 11) is 0. The van der Waals surface area contributed by atoms with E-state index in [0.717, 1.165) is 34.9 Å². The Morgan fingerprint density at radius 1 is 1.00 bits per heavy atom. The number of carbonyl (C=O) groups is 1. The van der Waals surface area contributed by atoms with Gasteiger partial charge in [-0.3, -0.25) is 9.36 Å². The number of benzene rings is 3. The lowest BCUT2D eigenvalue weighted by Gasteiger charge is -2.20. The number of hydrogen-bond acceptors (Lipinski definition) is 4. The van der Waals surface area contributed by atoms with Gasteiger partial charge in [-0.1, -0.05) is 54.1 Å². The molecule has 1 fully saturated rings. The lowest BCUT2D eigenvalue weighted by atomic mass is 9.97. The quantitative estimate of drug-likeness (QED) is 0.366. The zero-order valence-corrected chi connectivity index (χ0v) is 19.6. The average molecular weight is 469 g/mol. The number of nitrogens with one attached hydrogen (secondary N) is 2. The van der Waals surface area contributed by atoms with Crippen LogP contribution in [0.2, 0.25) is 0 Å². The lowest BCUT2D eigenvalue weighted by molar-refractivity contribution is 0.0968. The number of carbonyl (C=O) groups excluding carboxylic acids is 1. The van der Waals surface area contributed by atoms with Crippen LogP contribution >= 0.6 is 0 Å². The summed E-state index contributed by atoms with van der Waals surface area (Å²) in [5.41, 5.74) is 10.5. The molecule has 1 saturated heterocycles. The van der Waals surface area contributed by atoms with Crippen LogP contribution in [-0.2, 0) is 11.3 Å². The number of aryl methyl sites for hydroxylation is 1. The Labute approximate surface area is 203 Å². The molecule has 4 aromatic rings. The van der Waals surface area contributed by atoms with Gasteiger partial charge in [-0.2, -0.15) is 0 Å². The lowest BCUT2D eigenvalue weighted by Crippen LogP contribution is -2.29. The molecular weight excluding hydrogens is 440 g/mol. The van der Waals surface area contributed by atoms with Crippen LogP contribution in [0.25, 0.3) is 21.9 Å². The summed E-state index contributed by atoms with van der Waals surface area (Å²) in [6, 6.07) is 22.2. The van der Waals surface area contributed by atoms with E-state index in [0.29, 0.717) is 35.7 Å². The topological polar surface area (TPSA) is 98.4 Å². The maximum absolute atomic E-state index is 13.6. The number of nitrogen functional groups attached to an aromatic ring is 1. The van der Waals surface area contributed by atoms with Gasteiger partial charge in [0.05, 0.1) is 12.6 Å². The monoisotopic (exact) mass is 468 g/mol. The number of nitrogens with zero attached hydrogens (tertiary/aromatic N) is 1. The highest BCUT2D eigenvalue weighted by molar-refractivity contribution is 6.05. The van der Waals surface area contributed by atoms with Crippen molar-refractivity contribution in [1.82, 2.24) is 4.57 Å². The predicted octanol–water partition coefficient (Wildman–Crippen LogP) is 5.38. The third-order valence-corrected chi connectivity index (χ3v) is 6.32. The van der Waals surface area contributed by atoms with Gasteiger partial charge in [0, 0.05) is 28.9 Å². The van der Waals surface area contributed by atoms with Gasteiger partial charge in [0.15, 0.2) is 0 Å². The van der Waals surface area contributed by atoms with Crippen LogP contribution in [0.4, 0.5) is 22.0 Å². The molecule has 7 heteroatoms. The fraction of sp³-hybridized carbons (Fsp3) is 0.214. The zero-order chi connectivity index (χ0) is 24.4. The third-order valence-electron chi connectivity index (χ3n) is 6.32. The maximum Gasteiger partial charge on any atom is 0.323 e. The molecule has 1 aliphatic rings. The number of nitrogens with two attached hydrogens (primary N) is 1. The zero-order valence-electron chi connectivity index (χ0n) is 19.6. The summed E-state index contributed by atoms with van der Waals surface area (Å²) in [5, 5.41) is 6.86. The van der Waals surface area contributed by atoms with Crippen LogP contribution < -0.4 is 21.9 Å². The van der Waals surface area contributed by atoms with Crippen molar-refractivity contribution in [2.24, 2.45) is 0 Å². The van der Waals surface area contributed by atoms with Crippen molar-refractivity contribution < 1.29 is 9.53 Å². The first kappa shape index (κ1) is 22.7. The number of fused-ring (bicyclic) bond motifs is 1. The van der Waals surface area contributed by atoms with Gasteiger partial charge in [0.1, 0.15) is 5.82 Å². The first-order chi connectivity index (χ1) is 17.0. The van der Waals surface area contributed by atoms with Crippen molar-refractivity contribution >= 4 is 34.0 Å². The molecule has 0 radical (unpaired) electrons. The van der Waals surface area contributed by atoms with Crippen LogP contribution in [0.3, 0.4) is 0 Å². The van der Waals surface area contributed by atoms with Crippen LogP contribution in [0.5, 0.6) is 0 Å². The van der Waals surface area contributed by atoms with Crippen molar-refractivity contribution in [3.05, 3.63) is 88.7 Å². The molecule has 0 bridgehead atoms. The molecule has 2 amide bonds. The molecule has 7 nitrogen and oxygen atoms in total. The minimum absolute atomic E-state index is 0.0456. The van der Waals surface area contributed by atoms with E-state index in [2.05, 4.69) is 16.7 Å². The van der Waals surface area contributed by atoms with Crippen molar-refractivity contribution in [3.63, 3.8) is 0 Å². The molecule has 178 valence electrons. The number of anilines is 3. The average Bonchev–Trinajstić information content (AvgIpc) is 3.36. The number of para-hydroxylation sites is 1. The first-order valence-electron chi connectivity index (χ1n) is 11.8. The number of ether oxygens (including phenoxy) is 1. The Morgan fingerprint density at radius 3 is 2.54 bits per heavy atom. The summed E-state index contributed by atoms with van der Waals surface area (Å²) in [5.74, 6) is 0.422. The van der Waals surface area contributed by atoms with Crippen LogP contribution in [-0.4, -0.2) is 23.3 Å². The van der Waals surface area contributed by atoms with E-state index in [1.165, 1.54) is 0 Å². The third kappa shape index (κ3) is 4.76. The predicted molar refractivity (Wildman–Crippen MR) is 141 cm³/mol. The standard InChI is InChI=1S/C28H28N4O3/c1-18-7-5-8-19(15-18)25-23-13-12-21(31-28(34)30-20-9-3-2-4-10-20)16-24(23)27(33)32(26(25)29)17-22-11-6-14-35-22/h2-5,7-10,12-13,15-16,22H,6,11,14,17,29H2,1H3,(H2,30,31,34). The largest absolute Gasteiger partial charge is 0.384 e. The van der Waals surface area contributed by atoms with Gasteiger partial charge in [0.2, 0.25) is 0 Å². The van der Waals surface area contributed by atoms with Crippen molar-refractivity contribution in [1.29, 1.82) is 0 Å². The summed E-state index contributed by atoms with van der Waals surface area (Å²) in [4.78, 5) is 26.2. The molecule has 35 heavy (non-hydrogen) atoms. The number of pyridine rings is 1. The number of amides is 2. The minimum Gasteiger partial charge on any atom is -0.384 e. The van der Waals surface area contributed by atoms with Gasteiger partial charge in [0.25, 0.3) is 5.56 Å². The number of hydrogen-bond donors (Lipinski definition) is 3.